The number of aryl methyl sites for hydroxylation is 1. The molecule has 0 spiro atoms. The minimum absolute atomic E-state index is 0.157. The zero-order chi connectivity index (χ0) is 18.2. The minimum atomic E-state index is -3.29. The lowest BCUT2D eigenvalue weighted by molar-refractivity contribution is 0.0587. The highest BCUT2D eigenvalue weighted by molar-refractivity contribution is 9.10. The SMILES string of the molecule is Cc1c(C(=O)N2CCCCC2CNS(C)(=O)=O)oc2ccc(Br)cc12. The van der Waals surface area contributed by atoms with Crippen LogP contribution in [0.2, 0.25) is 0 Å². The van der Waals surface area contributed by atoms with Gasteiger partial charge < -0.3 is 9.32 Å². The number of nitrogens with one attached hydrogen (secondary N) is 1. The van der Waals surface area contributed by atoms with Gasteiger partial charge in [0.15, 0.2) is 5.76 Å². The summed E-state index contributed by atoms with van der Waals surface area (Å²) in [7, 11) is -3.29. The lowest BCUT2D eigenvalue weighted by atomic mass is 10.0. The molecule has 3 rings (SSSR count). The number of likely N-dealkylation sites (tertiary alicyclic amines) is 1. The number of halogens is 1. The molecule has 0 saturated carbocycles. The Morgan fingerprint density at radius 1 is 1.40 bits per heavy atom. The molecule has 0 bridgehead atoms. The van der Waals surface area contributed by atoms with E-state index in [9.17, 15) is 13.2 Å². The maximum atomic E-state index is 13.1. The fraction of sp³-hybridized carbons (Fsp3) is 0.471. The first-order chi connectivity index (χ1) is 11.8. The van der Waals surface area contributed by atoms with Crippen LogP contribution in [0.25, 0.3) is 11.0 Å². The third-order valence-corrected chi connectivity index (χ3v) is 5.75. The first-order valence-electron chi connectivity index (χ1n) is 8.20. The van der Waals surface area contributed by atoms with E-state index >= 15 is 0 Å². The van der Waals surface area contributed by atoms with Crippen LogP contribution in [-0.2, 0) is 10.0 Å². The van der Waals surface area contributed by atoms with Gasteiger partial charge in [0.1, 0.15) is 5.58 Å². The number of hydrogen-bond donors (Lipinski definition) is 1. The van der Waals surface area contributed by atoms with Crippen molar-refractivity contribution >= 4 is 42.8 Å². The summed E-state index contributed by atoms with van der Waals surface area (Å²) >= 11 is 3.44. The molecule has 0 radical (unpaired) electrons. The van der Waals surface area contributed by atoms with Crippen molar-refractivity contribution in [3.8, 4) is 0 Å². The molecule has 1 saturated heterocycles. The Morgan fingerprint density at radius 3 is 2.88 bits per heavy atom. The summed E-state index contributed by atoms with van der Waals surface area (Å²) in [5.41, 5.74) is 1.48. The molecular weight excluding hydrogens is 408 g/mol. The lowest BCUT2D eigenvalue weighted by Crippen LogP contribution is -2.49. The zero-order valence-corrected chi connectivity index (χ0v) is 16.6. The molecule has 1 aliphatic rings. The quantitative estimate of drug-likeness (QED) is 0.811. The number of carbonyl (C=O) groups is 1. The Bertz CT molecular complexity index is 907. The van der Waals surface area contributed by atoms with Crippen molar-refractivity contribution in [1.82, 2.24) is 9.62 Å². The van der Waals surface area contributed by atoms with E-state index in [0.717, 1.165) is 40.9 Å². The van der Waals surface area contributed by atoms with Crippen LogP contribution in [0.1, 0.15) is 35.4 Å². The van der Waals surface area contributed by atoms with Crippen molar-refractivity contribution in [3.05, 3.63) is 34.0 Å². The molecule has 136 valence electrons. The number of furan rings is 1. The maximum Gasteiger partial charge on any atom is 0.290 e. The average molecular weight is 429 g/mol. The van der Waals surface area contributed by atoms with Gasteiger partial charge in [0, 0.05) is 34.6 Å². The van der Waals surface area contributed by atoms with Crippen LogP contribution in [-0.4, -0.2) is 44.6 Å². The Hall–Kier alpha value is -1.38. The summed E-state index contributed by atoms with van der Waals surface area (Å²) in [4.78, 5) is 14.8. The van der Waals surface area contributed by atoms with Crippen molar-refractivity contribution < 1.29 is 17.6 Å². The molecule has 1 amide bonds. The van der Waals surface area contributed by atoms with Crippen molar-refractivity contribution in [3.63, 3.8) is 0 Å². The molecule has 1 aromatic carbocycles. The van der Waals surface area contributed by atoms with Gasteiger partial charge in [0.25, 0.3) is 5.91 Å². The molecule has 2 heterocycles. The van der Waals surface area contributed by atoms with Gasteiger partial charge in [-0.15, -0.1) is 0 Å². The van der Waals surface area contributed by atoms with E-state index in [1.165, 1.54) is 0 Å². The van der Waals surface area contributed by atoms with E-state index < -0.39 is 10.0 Å². The van der Waals surface area contributed by atoms with Gasteiger partial charge in [-0.25, -0.2) is 13.1 Å². The molecule has 6 nitrogen and oxygen atoms in total. The number of hydrogen-bond acceptors (Lipinski definition) is 4. The van der Waals surface area contributed by atoms with Crippen molar-refractivity contribution in [1.29, 1.82) is 0 Å². The Kier molecular flexibility index (Phi) is 5.22. The summed E-state index contributed by atoms with van der Waals surface area (Å²) in [5.74, 6) is 0.157. The molecule has 2 aromatic rings. The molecule has 1 unspecified atom stereocenters. The van der Waals surface area contributed by atoms with Gasteiger partial charge in [-0.2, -0.15) is 0 Å². The maximum absolute atomic E-state index is 13.1. The Morgan fingerprint density at radius 2 is 2.16 bits per heavy atom. The van der Waals surface area contributed by atoms with Gasteiger partial charge in [0.05, 0.1) is 6.26 Å². The average Bonchev–Trinajstić information content (AvgIpc) is 2.88. The number of nitrogens with zero attached hydrogens (tertiary/aromatic N) is 1. The zero-order valence-electron chi connectivity index (χ0n) is 14.2. The van der Waals surface area contributed by atoms with Gasteiger partial charge in [-0.05, 0) is 44.4 Å². The van der Waals surface area contributed by atoms with Crippen molar-refractivity contribution in [2.24, 2.45) is 0 Å². The smallest absolute Gasteiger partial charge is 0.290 e. The van der Waals surface area contributed by atoms with Crippen molar-refractivity contribution in [2.45, 2.75) is 32.2 Å². The standard InChI is InChI=1S/C17H21BrN2O4S/c1-11-14-9-12(18)6-7-15(14)24-16(11)17(21)20-8-4-3-5-13(20)10-19-25(2,22)23/h6-7,9,13,19H,3-5,8,10H2,1-2H3. The highest BCUT2D eigenvalue weighted by atomic mass is 79.9. The number of rotatable bonds is 4. The van der Waals surface area contributed by atoms with E-state index in [2.05, 4.69) is 20.7 Å². The number of sulfonamides is 1. The summed E-state index contributed by atoms with van der Waals surface area (Å²) < 4.78 is 32.0. The molecule has 1 aromatic heterocycles. The second-order valence-electron chi connectivity index (χ2n) is 6.47. The van der Waals surface area contributed by atoms with E-state index in [1.54, 1.807) is 4.90 Å². The first kappa shape index (κ1) is 18.4. The summed E-state index contributed by atoms with van der Waals surface area (Å²) in [5, 5.41) is 0.903. The van der Waals surface area contributed by atoms with Crippen LogP contribution in [0.5, 0.6) is 0 Å². The topological polar surface area (TPSA) is 79.6 Å². The van der Waals surface area contributed by atoms with Gasteiger partial charge >= 0.3 is 0 Å². The van der Waals surface area contributed by atoms with Gasteiger partial charge in [0.2, 0.25) is 10.0 Å². The number of carbonyl (C=O) groups excluding carboxylic acids is 1. The number of piperidine rings is 1. The lowest BCUT2D eigenvalue weighted by Gasteiger charge is -2.35. The fourth-order valence-corrected chi connectivity index (χ4v) is 4.11. The predicted octanol–water partition coefficient (Wildman–Crippen LogP) is 3.05. The highest BCUT2D eigenvalue weighted by Gasteiger charge is 2.31. The molecule has 1 aliphatic heterocycles. The number of amides is 1. The minimum Gasteiger partial charge on any atom is -0.451 e. The largest absolute Gasteiger partial charge is 0.451 e. The highest BCUT2D eigenvalue weighted by Crippen LogP contribution is 2.30. The molecule has 1 N–H and O–H groups in total. The fourth-order valence-electron chi connectivity index (χ4n) is 3.26. The summed E-state index contributed by atoms with van der Waals surface area (Å²) in [6, 6.07) is 5.49. The molecule has 1 fully saturated rings. The summed E-state index contributed by atoms with van der Waals surface area (Å²) in [6.45, 7) is 2.71. The second kappa shape index (κ2) is 7.09. The van der Waals surface area contributed by atoms with E-state index in [1.807, 2.05) is 25.1 Å². The normalized spacial score (nSPS) is 18.7. The van der Waals surface area contributed by atoms with Crippen molar-refractivity contribution in [2.75, 3.05) is 19.3 Å². The van der Waals surface area contributed by atoms with Gasteiger partial charge in [-0.1, -0.05) is 15.9 Å². The Balaban J connectivity index is 1.88. The predicted molar refractivity (Wildman–Crippen MR) is 100 cm³/mol. The third-order valence-electron chi connectivity index (χ3n) is 4.56. The van der Waals surface area contributed by atoms with E-state index in [0.29, 0.717) is 17.9 Å². The third kappa shape index (κ3) is 4.07. The molecular formula is C17H21BrN2O4S. The molecule has 1 atom stereocenters. The number of fused-ring (bicyclic) bond motifs is 1. The van der Waals surface area contributed by atoms with Crippen LogP contribution < -0.4 is 4.72 Å². The monoisotopic (exact) mass is 428 g/mol. The van der Waals surface area contributed by atoms with Gasteiger partial charge in [-0.3, -0.25) is 4.79 Å². The van der Waals surface area contributed by atoms with E-state index in [-0.39, 0.29) is 18.5 Å². The first-order valence-corrected chi connectivity index (χ1v) is 10.9. The Labute approximate surface area is 155 Å². The van der Waals surface area contributed by atoms with Crippen LogP contribution in [0.15, 0.2) is 27.1 Å². The van der Waals surface area contributed by atoms with Crippen LogP contribution in [0.4, 0.5) is 0 Å². The summed E-state index contributed by atoms with van der Waals surface area (Å²) in [6.07, 6.45) is 3.79. The van der Waals surface area contributed by atoms with Crippen LogP contribution in [0.3, 0.4) is 0 Å². The second-order valence-corrected chi connectivity index (χ2v) is 9.21. The van der Waals surface area contributed by atoms with Crippen LogP contribution >= 0.6 is 15.9 Å². The van der Waals surface area contributed by atoms with Crippen LogP contribution in [0, 0.1) is 6.92 Å². The number of benzene rings is 1. The molecule has 25 heavy (non-hydrogen) atoms. The van der Waals surface area contributed by atoms with E-state index in [4.69, 9.17) is 4.42 Å². The molecule has 0 aliphatic carbocycles. The molecule has 8 heteroatoms.